The summed E-state index contributed by atoms with van der Waals surface area (Å²) in [5, 5.41) is 4.36. The van der Waals surface area contributed by atoms with Crippen LogP contribution in [0.5, 0.6) is 0 Å². The molecule has 6 heteroatoms. The molecule has 0 aliphatic heterocycles. The molecule has 0 N–H and O–H groups in total. The molecule has 1 rings (SSSR count). The molecule has 0 saturated heterocycles. The molecule has 0 saturated carbocycles. The summed E-state index contributed by atoms with van der Waals surface area (Å²) in [5.74, 6) is -0.0523. The Balaban J connectivity index is 2.96. The lowest BCUT2D eigenvalue weighted by Crippen LogP contribution is -2.15. The van der Waals surface area contributed by atoms with E-state index in [0.29, 0.717) is 6.42 Å². The van der Waals surface area contributed by atoms with Crippen molar-refractivity contribution in [2.45, 2.75) is 32.6 Å². The monoisotopic (exact) mass is 264 g/mol. The Morgan fingerprint density at radius 2 is 2.00 bits per heavy atom. The smallest absolute Gasteiger partial charge is 0.232 e. The fraction of sp³-hybridized carbons (Fsp3) is 0.700. The van der Waals surface area contributed by atoms with E-state index in [1.807, 2.05) is 34.0 Å². The van der Waals surface area contributed by atoms with Crippen molar-refractivity contribution in [3.05, 3.63) is 17.5 Å². The van der Waals surface area contributed by atoms with Gasteiger partial charge in [0.15, 0.2) is 0 Å². The van der Waals surface area contributed by atoms with Gasteiger partial charge in [-0.3, -0.25) is 4.68 Å². The summed E-state index contributed by atoms with van der Waals surface area (Å²) in [6.45, 7) is 6.15. The van der Waals surface area contributed by atoms with Gasteiger partial charge in [0.05, 0.1) is 11.4 Å². The minimum Gasteiger partial charge on any atom is -0.275 e. The first-order chi connectivity index (χ1) is 7.09. The first kappa shape index (κ1) is 13.5. The quantitative estimate of drug-likeness (QED) is 0.783. The van der Waals surface area contributed by atoms with Crippen molar-refractivity contribution < 1.29 is 8.42 Å². The molecule has 4 nitrogen and oxygen atoms in total. The zero-order valence-corrected chi connectivity index (χ0v) is 11.6. The molecule has 16 heavy (non-hydrogen) atoms. The zero-order chi connectivity index (χ0) is 12.6. The lowest BCUT2D eigenvalue weighted by molar-refractivity contribution is 0.548. The fourth-order valence-electron chi connectivity index (χ4n) is 1.58. The number of nitrogens with zero attached hydrogens (tertiary/aromatic N) is 2. The molecule has 0 atom stereocenters. The third-order valence-corrected chi connectivity index (χ3v) is 3.38. The lowest BCUT2D eigenvalue weighted by Gasteiger charge is -2.17. The maximum atomic E-state index is 10.9. The van der Waals surface area contributed by atoms with Gasteiger partial charge in [-0.1, -0.05) is 20.8 Å². The van der Waals surface area contributed by atoms with E-state index in [4.69, 9.17) is 10.7 Å². The Kier molecular flexibility index (Phi) is 3.69. The molecule has 0 unspecified atom stereocenters. The van der Waals surface area contributed by atoms with Crippen molar-refractivity contribution >= 4 is 19.7 Å². The second kappa shape index (κ2) is 4.37. The van der Waals surface area contributed by atoms with Gasteiger partial charge in [-0.2, -0.15) is 5.10 Å². The summed E-state index contributed by atoms with van der Waals surface area (Å²) < 4.78 is 23.5. The molecule has 0 aliphatic carbocycles. The Hall–Kier alpha value is -0.550. The largest absolute Gasteiger partial charge is 0.275 e. The highest BCUT2D eigenvalue weighted by Crippen LogP contribution is 2.24. The van der Waals surface area contributed by atoms with E-state index in [1.165, 1.54) is 0 Å². The van der Waals surface area contributed by atoms with Gasteiger partial charge in [-0.05, 0) is 12.0 Å². The van der Waals surface area contributed by atoms with E-state index in [-0.39, 0.29) is 11.2 Å². The first-order valence-electron chi connectivity index (χ1n) is 5.05. The second-order valence-electron chi connectivity index (χ2n) is 4.92. The molecule has 1 aromatic rings. The normalized spacial score (nSPS) is 13.1. The van der Waals surface area contributed by atoms with E-state index in [2.05, 4.69) is 5.10 Å². The number of hydrogen-bond donors (Lipinski definition) is 0. The van der Waals surface area contributed by atoms with Crippen LogP contribution in [0.3, 0.4) is 0 Å². The average Bonchev–Trinajstić information content (AvgIpc) is 2.41. The third-order valence-electron chi connectivity index (χ3n) is 2.23. The molecule has 0 aromatic carbocycles. The molecular formula is C10H17ClN2O2S. The molecule has 0 aliphatic rings. The van der Waals surface area contributed by atoms with Crippen molar-refractivity contribution in [2.24, 2.45) is 7.05 Å². The standard InChI is InChI=1S/C10H17ClN2O2S/c1-10(2,3)9-8(7-13(4)12-9)5-6-16(11,14)15/h7H,5-6H2,1-4H3. The number of aromatic nitrogens is 2. The first-order valence-corrected chi connectivity index (χ1v) is 7.53. The SMILES string of the molecule is Cn1cc(CCS(=O)(=O)Cl)c(C(C)(C)C)n1. The van der Waals surface area contributed by atoms with Gasteiger partial charge in [-0.15, -0.1) is 0 Å². The van der Waals surface area contributed by atoms with Crippen LogP contribution in [0.1, 0.15) is 32.0 Å². The van der Waals surface area contributed by atoms with Crippen molar-refractivity contribution in [2.75, 3.05) is 5.75 Å². The molecule has 92 valence electrons. The minimum absolute atomic E-state index is 0.0523. The van der Waals surface area contributed by atoms with Crippen LogP contribution >= 0.6 is 10.7 Å². The Morgan fingerprint density at radius 1 is 1.44 bits per heavy atom. The molecule has 0 fully saturated rings. The number of rotatable bonds is 3. The molecular weight excluding hydrogens is 248 g/mol. The molecule has 0 spiro atoms. The molecule has 1 heterocycles. The topological polar surface area (TPSA) is 52.0 Å². The van der Waals surface area contributed by atoms with Gasteiger partial charge >= 0.3 is 0 Å². The van der Waals surface area contributed by atoms with Crippen molar-refractivity contribution in [3.63, 3.8) is 0 Å². The van der Waals surface area contributed by atoms with E-state index in [1.54, 1.807) is 4.68 Å². The molecule has 0 radical (unpaired) electrons. The molecule has 0 bridgehead atoms. The predicted octanol–water partition coefficient (Wildman–Crippen LogP) is 1.83. The highest BCUT2D eigenvalue weighted by molar-refractivity contribution is 8.13. The van der Waals surface area contributed by atoms with Crippen LogP contribution in [0.4, 0.5) is 0 Å². The van der Waals surface area contributed by atoms with Crippen molar-refractivity contribution in [3.8, 4) is 0 Å². The maximum absolute atomic E-state index is 10.9. The van der Waals surface area contributed by atoms with Crippen molar-refractivity contribution in [1.29, 1.82) is 0 Å². The van der Waals surface area contributed by atoms with Gasteiger partial charge < -0.3 is 0 Å². The minimum atomic E-state index is -3.44. The highest BCUT2D eigenvalue weighted by atomic mass is 35.7. The number of halogens is 1. The van der Waals surface area contributed by atoms with Crippen LogP contribution in [0.15, 0.2) is 6.20 Å². The summed E-state index contributed by atoms with van der Waals surface area (Å²) >= 11 is 0. The van der Waals surface area contributed by atoms with Crippen LogP contribution in [0, 0.1) is 0 Å². The Labute approximate surface area is 101 Å². The summed E-state index contributed by atoms with van der Waals surface area (Å²) in [4.78, 5) is 0. The van der Waals surface area contributed by atoms with E-state index in [0.717, 1.165) is 11.3 Å². The van der Waals surface area contributed by atoms with Crippen molar-refractivity contribution in [1.82, 2.24) is 9.78 Å². The van der Waals surface area contributed by atoms with Gasteiger partial charge in [0.2, 0.25) is 9.05 Å². The van der Waals surface area contributed by atoms with Gasteiger partial charge in [-0.25, -0.2) is 8.42 Å². The predicted molar refractivity (Wildman–Crippen MR) is 65.3 cm³/mol. The van der Waals surface area contributed by atoms with Gasteiger partial charge in [0.25, 0.3) is 0 Å². The van der Waals surface area contributed by atoms with E-state index >= 15 is 0 Å². The summed E-state index contributed by atoms with van der Waals surface area (Å²) in [7, 11) is 3.59. The highest BCUT2D eigenvalue weighted by Gasteiger charge is 2.22. The van der Waals surface area contributed by atoms with Gasteiger partial charge in [0.1, 0.15) is 0 Å². The zero-order valence-electron chi connectivity index (χ0n) is 9.99. The summed E-state index contributed by atoms with van der Waals surface area (Å²) in [6, 6.07) is 0. The summed E-state index contributed by atoms with van der Waals surface area (Å²) in [6.07, 6.45) is 2.26. The summed E-state index contributed by atoms with van der Waals surface area (Å²) in [5.41, 5.74) is 1.78. The fourth-order valence-corrected chi connectivity index (χ4v) is 2.28. The van der Waals surface area contributed by atoms with Crippen LogP contribution in [0.25, 0.3) is 0 Å². The lowest BCUT2D eigenvalue weighted by atomic mass is 9.89. The average molecular weight is 265 g/mol. The van der Waals surface area contributed by atoms with E-state index < -0.39 is 9.05 Å². The molecule has 1 aromatic heterocycles. The van der Waals surface area contributed by atoms with Crippen LogP contribution in [-0.4, -0.2) is 24.0 Å². The number of hydrogen-bond acceptors (Lipinski definition) is 3. The van der Waals surface area contributed by atoms with Crippen LogP contribution in [-0.2, 0) is 27.9 Å². The Morgan fingerprint density at radius 3 is 2.44 bits per heavy atom. The Bertz CT molecular complexity index is 471. The van der Waals surface area contributed by atoms with Crippen LogP contribution < -0.4 is 0 Å². The van der Waals surface area contributed by atoms with E-state index in [9.17, 15) is 8.42 Å². The van der Waals surface area contributed by atoms with Gasteiger partial charge in [0, 0.05) is 29.3 Å². The third kappa shape index (κ3) is 3.79. The second-order valence-corrected chi connectivity index (χ2v) is 7.82. The number of aryl methyl sites for hydroxylation is 2. The molecule has 0 amide bonds. The maximum Gasteiger partial charge on any atom is 0.232 e. The van der Waals surface area contributed by atoms with Crippen LogP contribution in [0.2, 0.25) is 0 Å².